The number of allylic oxidation sites excluding steroid dienone is 1. The van der Waals surface area contributed by atoms with Crippen molar-refractivity contribution in [2.45, 2.75) is 31.7 Å². The maximum absolute atomic E-state index is 13.8. The van der Waals surface area contributed by atoms with Crippen LogP contribution in [0.4, 0.5) is 5.69 Å². The average molecular weight is 463 g/mol. The number of hydrogen-bond donors (Lipinski definition) is 2. The van der Waals surface area contributed by atoms with Crippen LogP contribution >= 0.6 is 0 Å². The number of hydrogen-bond acceptors (Lipinski definition) is 5. The van der Waals surface area contributed by atoms with Crippen molar-refractivity contribution in [3.05, 3.63) is 101 Å². The molecule has 6 rings (SSSR count). The van der Waals surface area contributed by atoms with E-state index in [2.05, 4.69) is 34.6 Å². The first-order chi connectivity index (χ1) is 17.1. The normalized spacial score (nSPS) is 19.2. The molecule has 1 aliphatic carbocycles. The van der Waals surface area contributed by atoms with Crippen LogP contribution in [0.1, 0.15) is 48.4 Å². The van der Waals surface area contributed by atoms with Crippen LogP contribution in [0.3, 0.4) is 0 Å². The number of nitrogens with zero attached hydrogens (tertiary/aromatic N) is 1. The van der Waals surface area contributed by atoms with E-state index in [1.165, 1.54) is 5.56 Å². The second-order valence-electron chi connectivity index (χ2n) is 9.13. The van der Waals surface area contributed by atoms with Crippen LogP contribution in [-0.2, 0) is 4.79 Å². The van der Waals surface area contributed by atoms with Gasteiger partial charge in [-0.3, -0.25) is 9.78 Å². The molecule has 35 heavy (non-hydrogen) atoms. The third kappa shape index (κ3) is 3.64. The van der Waals surface area contributed by atoms with Gasteiger partial charge in [0.15, 0.2) is 17.3 Å². The number of anilines is 1. The minimum absolute atomic E-state index is 0.0946. The number of ether oxygens (including phenoxy) is 1. The monoisotopic (exact) mass is 462 g/mol. The minimum Gasteiger partial charge on any atom is -0.504 e. The van der Waals surface area contributed by atoms with Crippen molar-refractivity contribution < 1.29 is 14.6 Å². The molecule has 1 aromatic heterocycles. The van der Waals surface area contributed by atoms with Gasteiger partial charge in [-0.2, -0.15) is 0 Å². The highest BCUT2D eigenvalue weighted by atomic mass is 16.5. The molecule has 1 aliphatic heterocycles. The smallest absolute Gasteiger partial charge is 0.162 e. The van der Waals surface area contributed by atoms with E-state index < -0.39 is 0 Å². The van der Waals surface area contributed by atoms with Gasteiger partial charge in [-0.05, 0) is 66.3 Å². The van der Waals surface area contributed by atoms with Crippen LogP contribution < -0.4 is 10.1 Å². The van der Waals surface area contributed by atoms with Gasteiger partial charge in [0.1, 0.15) is 0 Å². The number of ketones is 1. The van der Waals surface area contributed by atoms with Crippen LogP contribution in [0.25, 0.3) is 16.5 Å². The van der Waals surface area contributed by atoms with E-state index in [1.807, 2.05) is 49.4 Å². The topological polar surface area (TPSA) is 71.5 Å². The van der Waals surface area contributed by atoms with Gasteiger partial charge in [-0.25, -0.2) is 0 Å². The number of benzene rings is 3. The van der Waals surface area contributed by atoms with Crippen LogP contribution in [0.15, 0.2) is 84.6 Å². The average Bonchev–Trinajstić information content (AvgIpc) is 2.89. The quantitative estimate of drug-likeness (QED) is 0.367. The predicted octanol–water partition coefficient (Wildman–Crippen LogP) is 6.41. The molecule has 0 fully saturated rings. The predicted molar refractivity (Wildman–Crippen MR) is 138 cm³/mol. The van der Waals surface area contributed by atoms with Gasteiger partial charge < -0.3 is 15.2 Å². The SMILES string of the molecule is CCOc1cc([C@@H]2Nc3ccc4ncccc4c3C3=C2C(=O)C[C@H](c2ccccc2)C3)ccc1O. The van der Waals surface area contributed by atoms with E-state index in [0.29, 0.717) is 18.8 Å². The van der Waals surface area contributed by atoms with Crippen molar-refractivity contribution in [1.82, 2.24) is 4.98 Å². The summed E-state index contributed by atoms with van der Waals surface area (Å²) >= 11 is 0. The fraction of sp³-hybridized carbons (Fsp3) is 0.200. The van der Waals surface area contributed by atoms with E-state index >= 15 is 0 Å². The number of pyridine rings is 1. The van der Waals surface area contributed by atoms with Crippen LogP contribution in [-0.4, -0.2) is 22.5 Å². The standard InChI is InChI=1S/C30H26N2O3/c1-2-35-27-17-19(10-13-25(27)33)30-29-22(15-20(16-26(29)34)18-7-4-3-5-8-18)28-21-9-6-14-31-23(21)11-12-24(28)32-30/h3-14,17,20,30,32-33H,2,15-16H2,1H3/t20-,30+/m1/s1. The van der Waals surface area contributed by atoms with E-state index in [4.69, 9.17) is 4.74 Å². The maximum atomic E-state index is 13.8. The first-order valence-corrected chi connectivity index (χ1v) is 12.1. The molecule has 0 unspecified atom stereocenters. The molecule has 5 nitrogen and oxygen atoms in total. The Kier molecular flexibility index (Phi) is 5.25. The lowest BCUT2D eigenvalue weighted by molar-refractivity contribution is -0.116. The summed E-state index contributed by atoms with van der Waals surface area (Å²) < 4.78 is 5.65. The van der Waals surface area contributed by atoms with E-state index in [-0.39, 0.29) is 23.5 Å². The van der Waals surface area contributed by atoms with Crippen molar-refractivity contribution in [3.8, 4) is 11.5 Å². The van der Waals surface area contributed by atoms with Crippen molar-refractivity contribution >= 4 is 27.9 Å². The molecule has 4 aromatic rings. The molecule has 2 aliphatic rings. The van der Waals surface area contributed by atoms with Gasteiger partial charge in [-0.1, -0.05) is 42.5 Å². The fourth-order valence-electron chi connectivity index (χ4n) is 5.52. The number of fused-ring (bicyclic) bond motifs is 4. The molecule has 0 bridgehead atoms. The number of nitrogens with one attached hydrogen (secondary N) is 1. The van der Waals surface area contributed by atoms with E-state index in [1.54, 1.807) is 12.3 Å². The third-order valence-electron chi connectivity index (χ3n) is 7.07. The highest BCUT2D eigenvalue weighted by Crippen LogP contribution is 2.51. The Morgan fingerprint density at radius 2 is 1.86 bits per heavy atom. The van der Waals surface area contributed by atoms with Gasteiger partial charge in [-0.15, -0.1) is 0 Å². The number of aromatic hydroxyl groups is 1. The first kappa shape index (κ1) is 21.4. The molecular weight excluding hydrogens is 436 g/mol. The lowest BCUT2D eigenvalue weighted by Gasteiger charge is -2.37. The number of rotatable bonds is 4. The Hall–Kier alpha value is -4.12. The molecule has 2 N–H and O–H groups in total. The summed E-state index contributed by atoms with van der Waals surface area (Å²) in [4.78, 5) is 18.4. The number of phenolic OH excluding ortho intramolecular Hbond substituents is 1. The van der Waals surface area contributed by atoms with Gasteiger partial charge >= 0.3 is 0 Å². The van der Waals surface area contributed by atoms with Crippen molar-refractivity contribution in [2.75, 3.05) is 11.9 Å². The van der Waals surface area contributed by atoms with Gasteiger partial charge in [0.2, 0.25) is 0 Å². The number of carbonyl (C=O) groups excluding carboxylic acids is 1. The Morgan fingerprint density at radius 3 is 2.69 bits per heavy atom. The molecule has 0 amide bonds. The van der Waals surface area contributed by atoms with Crippen molar-refractivity contribution in [1.29, 1.82) is 0 Å². The van der Waals surface area contributed by atoms with Crippen molar-refractivity contribution in [2.24, 2.45) is 0 Å². The zero-order valence-corrected chi connectivity index (χ0v) is 19.5. The van der Waals surface area contributed by atoms with Gasteiger partial charge in [0.05, 0.1) is 18.2 Å². The Morgan fingerprint density at radius 1 is 1.00 bits per heavy atom. The maximum Gasteiger partial charge on any atom is 0.162 e. The third-order valence-corrected chi connectivity index (χ3v) is 7.07. The Labute approximate surface area is 204 Å². The molecule has 2 heterocycles. The van der Waals surface area contributed by atoms with Crippen LogP contribution in [0, 0.1) is 0 Å². The lowest BCUT2D eigenvalue weighted by Crippen LogP contribution is -2.29. The van der Waals surface area contributed by atoms with Gasteiger partial charge in [0.25, 0.3) is 0 Å². The fourth-order valence-corrected chi connectivity index (χ4v) is 5.52. The Bertz CT molecular complexity index is 1480. The van der Waals surface area contributed by atoms with E-state index in [0.717, 1.165) is 45.3 Å². The molecule has 0 radical (unpaired) electrons. The van der Waals surface area contributed by atoms with Crippen LogP contribution in [0.2, 0.25) is 0 Å². The highest BCUT2D eigenvalue weighted by molar-refractivity contribution is 6.12. The molecule has 0 saturated heterocycles. The minimum atomic E-state index is -0.323. The molecule has 0 spiro atoms. The second kappa shape index (κ2) is 8.58. The molecule has 0 saturated carbocycles. The number of aromatic nitrogens is 1. The summed E-state index contributed by atoms with van der Waals surface area (Å²) in [5.41, 5.74) is 6.93. The summed E-state index contributed by atoms with van der Waals surface area (Å²) in [5.74, 6) is 0.792. The highest BCUT2D eigenvalue weighted by Gasteiger charge is 2.38. The lowest BCUT2D eigenvalue weighted by atomic mass is 9.72. The number of phenols is 1. The zero-order valence-electron chi connectivity index (χ0n) is 19.5. The first-order valence-electron chi connectivity index (χ1n) is 12.1. The molecule has 174 valence electrons. The molecular formula is C30H26N2O3. The van der Waals surface area contributed by atoms with Gasteiger partial charge in [0, 0.05) is 34.8 Å². The summed E-state index contributed by atoms with van der Waals surface area (Å²) in [6.07, 6.45) is 3.05. The van der Waals surface area contributed by atoms with Crippen molar-refractivity contribution in [3.63, 3.8) is 0 Å². The molecule has 5 heteroatoms. The summed E-state index contributed by atoms with van der Waals surface area (Å²) in [5, 5.41) is 14.9. The summed E-state index contributed by atoms with van der Waals surface area (Å²) in [7, 11) is 0. The summed E-state index contributed by atoms with van der Waals surface area (Å²) in [6, 6.07) is 23.4. The second-order valence-corrected chi connectivity index (χ2v) is 9.13. The molecule has 3 aromatic carbocycles. The largest absolute Gasteiger partial charge is 0.504 e. The summed E-state index contributed by atoms with van der Waals surface area (Å²) in [6.45, 7) is 2.33. The number of carbonyl (C=O) groups is 1. The van der Waals surface area contributed by atoms with Crippen LogP contribution in [0.5, 0.6) is 11.5 Å². The zero-order chi connectivity index (χ0) is 23.9. The number of Topliss-reactive ketones (excluding diaryl/α,β-unsaturated/α-hetero) is 1. The molecule has 2 atom stereocenters. The van der Waals surface area contributed by atoms with E-state index in [9.17, 15) is 9.90 Å². The Balaban J connectivity index is 1.56.